The van der Waals surface area contributed by atoms with Gasteiger partial charge in [-0.3, -0.25) is 0 Å². The Balaban J connectivity index is 1.99. The summed E-state index contributed by atoms with van der Waals surface area (Å²) in [4.78, 5) is 0. The maximum atomic E-state index is 12.9. The van der Waals surface area contributed by atoms with E-state index in [-0.39, 0.29) is 6.10 Å². The Bertz CT molecular complexity index is 465. The molecular formula is C13H13FN2O. The van der Waals surface area contributed by atoms with Gasteiger partial charge in [0.1, 0.15) is 18.0 Å². The van der Waals surface area contributed by atoms with Crippen molar-refractivity contribution >= 4 is 5.69 Å². The summed E-state index contributed by atoms with van der Waals surface area (Å²) in [6.45, 7) is 0.616. The van der Waals surface area contributed by atoms with Crippen molar-refractivity contribution in [2.45, 2.75) is 18.9 Å². The van der Waals surface area contributed by atoms with E-state index in [0.29, 0.717) is 17.8 Å². The predicted octanol–water partition coefficient (Wildman–Crippen LogP) is 2.80. The molecule has 0 amide bonds. The van der Waals surface area contributed by atoms with Gasteiger partial charge in [0, 0.05) is 0 Å². The van der Waals surface area contributed by atoms with Gasteiger partial charge in [0.05, 0.1) is 24.1 Å². The van der Waals surface area contributed by atoms with E-state index < -0.39 is 5.82 Å². The zero-order chi connectivity index (χ0) is 12.1. The third-order valence-electron chi connectivity index (χ3n) is 2.64. The maximum absolute atomic E-state index is 12.9. The number of rotatable bonds is 3. The molecule has 1 unspecified atom stereocenters. The molecule has 88 valence electrons. The number of allylic oxidation sites excluding steroid dienone is 1. The number of nitriles is 1. The zero-order valence-electron chi connectivity index (χ0n) is 9.32. The average Bonchev–Trinajstić information content (AvgIpc) is 2.38. The van der Waals surface area contributed by atoms with Crippen LogP contribution in [-0.2, 0) is 4.74 Å². The van der Waals surface area contributed by atoms with E-state index in [1.54, 1.807) is 12.3 Å². The molecule has 0 saturated carbocycles. The molecule has 3 nitrogen and oxygen atoms in total. The number of halogens is 1. The molecule has 4 heteroatoms. The van der Waals surface area contributed by atoms with Crippen molar-refractivity contribution in [3.8, 4) is 6.07 Å². The Hall–Kier alpha value is -2.02. The van der Waals surface area contributed by atoms with Crippen LogP contribution in [0.4, 0.5) is 10.1 Å². The molecular weight excluding hydrogens is 219 g/mol. The summed E-state index contributed by atoms with van der Waals surface area (Å²) in [5, 5.41) is 12.0. The summed E-state index contributed by atoms with van der Waals surface area (Å²) in [6, 6.07) is 6.11. The summed E-state index contributed by atoms with van der Waals surface area (Å²) in [7, 11) is 0. The van der Waals surface area contributed by atoms with Crippen LogP contribution < -0.4 is 5.32 Å². The van der Waals surface area contributed by atoms with Crippen molar-refractivity contribution in [1.29, 1.82) is 5.26 Å². The second-order valence-corrected chi connectivity index (χ2v) is 3.89. The van der Waals surface area contributed by atoms with E-state index in [1.165, 1.54) is 12.1 Å². The first-order valence-corrected chi connectivity index (χ1v) is 5.53. The van der Waals surface area contributed by atoms with Gasteiger partial charge in [-0.2, -0.15) is 5.26 Å². The van der Waals surface area contributed by atoms with E-state index in [4.69, 9.17) is 10.00 Å². The third kappa shape index (κ3) is 2.97. The first-order valence-electron chi connectivity index (χ1n) is 5.53. The van der Waals surface area contributed by atoms with E-state index in [9.17, 15) is 4.39 Å². The first-order chi connectivity index (χ1) is 8.29. The number of benzene rings is 1. The highest BCUT2D eigenvalue weighted by atomic mass is 19.1. The topological polar surface area (TPSA) is 45.0 Å². The fourth-order valence-corrected chi connectivity index (χ4v) is 1.72. The lowest BCUT2D eigenvalue weighted by Gasteiger charge is -2.20. The molecule has 2 rings (SSSR count). The molecule has 0 aromatic heterocycles. The molecule has 0 fully saturated rings. The Morgan fingerprint density at radius 2 is 2.41 bits per heavy atom. The number of nitrogens with zero attached hydrogens (tertiary/aromatic N) is 1. The molecule has 1 heterocycles. The summed E-state index contributed by atoms with van der Waals surface area (Å²) in [5.74, 6) is -0.399. The lowest BCUT2D eigenvalue weighted by molar-refractivity contribution is 0.135. The minimum absolute atomic E-state index is 0.108. The zero-order valence-corrected chi connectivity index (χ0v) is 9.32. The molecule has 0 spiro atoms. The Morgan fingerprint density at radius 3 is 3.12 bits per heavy atom. The highest BCUT2D eigenvalue weighted by Gasteiger charge is 2.11. The van der Waals surface area contributed by atoms with Crippen molar-refractivity contribution in [2.24, 2.45) is 0 Å². The number of anilines is 1. The van der Waals surface area contributed by atoms with E-state index in [0.717, 1.165) is 12.8 Å². The van der Waals surface area contributed by atoms with Crippen molar-refractivity contribution in [3.05, 3.63) is 41.9 Å². The highest BCUT2D eigenvalue weighted by molar-refractivity contribution is 5.57. The van der Waals surface area contributed by atoms with Crippen LogP contribution in [0.25, 0.3) is 0 Å². The lowest BCUT2D eigenvalue weighted by Crippen LogP contribution is -2.23. The van der Waals surface area contributed by atoms with Gasteiger partial charge in [0.15, 0.2) is 0 Å². The van der Waals surface area contributed by atoms with Crippen LogP contribution >= 0.6 is 0 Å². The molecule has 1 aliphatic heterocycles. The van der Waals surface area contributed by atoms with Gasteiger partial charge in [0.2, 0.25) is 0 Å². The number of hydrogen-bond acceptors (Lipinski definition) is 3. The van der Waals surface area contributed by atoms with Gasteiger partial charge in [-0.15, -0.1) is 0 Å². The number of ether oxygens (including phenoxy) is 1. The van der Waals surface area contributed by atoms with Crippen molar-refractivity contribution in [3.63, 3.8) is 0 Å². The molecule has 1 N–H and O–H groups in total. The Labute approximate surface area is 99.5 Å². The molecule has 0 radical (unpaired) electrons. The Kier molecular flexibility index (Phi) is 3.61. The normalized spacial score (nSPS) is 18.2. The second-order valence-electron chi connectivity index (χ2n) is 3.89. The summed E-state index contributed by atoms with van der Waals surface area (Å²) < 4.78 is 18.3. The van der Waals surface area contributed by atoms with E-state index in [1.807, 2.05) is 12.1 Å². The third-order valence-corrected chi connectivity index (χ3v) is 2.64. The van der Waals surface area contributed by atoms with Crippen LogP contribution in [0.2, 0.25) is 0 Å². The minimum Gasteiger partial charge on any atom is -0.497 e. The van der Waals surface area contributed by atoms with Crippen LogP contribution in [-0.4, -0.2) is 12.6 Å². The van der Waals surface area contributed by atoms with Crippen molar-refractivity contribution in [2.75, 3.05) is 11.9 Å². The predicted molar refractivity (Wildman–Crippen MR) is 62.9 cm³/mol. The smallest absolute Gasteiger partial charge is 0.124 e. The first kappa shape index (κ1) is 11.5. The molecule has 0 aliphatic carbocycles. The van der Waals surface area contributed by atoms with Crippen LogP contribution in [0, 0.1) is 17.1 Å². The van der Waals surface area contributed by atoms with Crippen molar-refractivity contribution in [1.82, 2.24) is 0 Å². The molecule has 1 atom stereocenters. The van der Waals surface area contributed by atoms with Crippen LogP contribution in [0.5, 0.6) is 0 Å². The molecule has 1 aliphatic rings. The van der Waals surface area contributed by atoms with Gasteiger partial charge < -0.3 is 10.1 Å². The molecule has 1 aromatic rings. The second kappa shape index (κ2) is 5.35. The fraction of sp³-hybridized carbons (Fsp3) is 0.308. The van der Waals surface area contributed by atoms with Gasteiger partial charge in [-0.1, -0.05) is 0 Å². The molecule has 1 aromatic carbocycles. The summed E-state index contributed by atoms with van der Waals surface area (Å²) >= 11 is 0. The fourth-order valence-electron chi connectivity index (χ4n) is 1.72. The molecule has 0 saturated heterocycles. The SMILES string of the molecule is N#Cc1cc(F)ccc1NCC1CCC=CO1. The summed E-state index contributed by atoms with van der Waals surface area (Å²) in [5.41, 5.74) is 0.961. The van der Waals surface area contributed by atoms with Crippen LogP contribution in [0.3, 0.4) is 0 Å². The maximum Gasteiger partial charge on any atom is 0.124 e. The van der Waals surface area contributed by atoms with Gasteiger partial charge in [-0.05, 0) is 37.1 Å². The van der Waals surface area contributed by atoms with Crippen molar-refractivity contribution < 1.29 is 9.13 Å². The van der Waals surface area contributed by atoms with E-state index in [2.05, 4.69) is 5.32 Å². The minimum atomic E-state index is -0.399. The monoisotopic (exact) mass is 232 g/mol. The van der Waals surface area contributed by atoms with E-state index >= 15 is 0 Å². The molecule has 0 bridgehead atoms. The van der Waals surface area contributed by atoms with Gasteiger partial charge in [-0.25, -0.2) is 4.39 Å². The lowest BCUT2D eigenvalue weighted by atomic mass is 10.1. The number of hydrogen-bond donors (Lipinski definition) is 1. The van der Waals surface area contributed by atoms with Gasteiger partial charge in [0.25, 0.3) is 0 Å². The van der Waals surface area contributed by atoms with Crippen LogP contribution in [0.15, 0.2) is 30.5 Å². The highest BCUT2D eigenvalue weighted by Crippen LogP contribution is 2.17. The standard InChI is InChI=1S/C13H13FN2O/c14-11-4-5-13(10(7-11)8-15)16-9-12-3-1-2-6-17-12/h2,4-7,12,16H,1,3,9H2. The van der Waals surface area contributed by atoms with Gasteiger partial charge >= 0.3 is 0 Å². The Morgan fingerprint density at radius 1 is 1.53 bits per heavy atom. The summed E-state index contributed by atoms with van der Waals surface area (Å²) in [6.07, 6.45) is 5.74. The quantitative estimate of drug-likeness (QED) is 0.871. The van der Waals surface area contributed by atoms with Crippen LogP contribution in [0.1, 0.15) is 18.4 Å². The largest absolute Gasteiger partial charge is 0.497 e. The number of nitrogens with one attached hydrogen (secondary N) is 1. The molecule has 17 heavy (non-hydrogen) atoms. The average molecular weight is 232 g/mol.